The predicted octanol–water partition coefficient (Wildman–Crippen LogP) is 3.85. The number of carboxylic acid groups (broad SMARTS) is 1. The summed E-state index contributed by atoms with van der Waals surface area (Å²) in [7, 11) is 0. The minimum atomic E-state index is -5.19. The summed E-state index contributed by atoms with van der Waals surface area (Å²) < 4.78 is 43.3. The van der Waals surface area contributed by atoms with Gasteiger partial charge in [-0.25, -0.2) is 4.79 Å². The number of rotatable bonds is 12. The Hall–Kier alpha value is -5.77. The largest absolute Gasteiger partial charge is 0.542 e. The molecule has 3 aromatic carbocycles. The molecule has 1 saturated heterocycles. The van der Waals surface area contributed by atoms with E-state index in [1.54, 1.807) is 53.4 Å². The van der Waals surface area contributed by atoms with Crippen molar-refractivity contribution in [3.8, 4) is 17.2 Å². The number of likely N-dealkylation sites (tertiary alicyclic amines) is 1. The number of anilines is 1. The van der Waals surface area contributed by atoms with Crippen LogP contribution in [-0.2, 0) is 22.6 Å². The standard InChI is InChI=1S/C36H43N5O6.C2HF3O2/c1-4-17-41(21-26-9-16-32-33(20-26)47-23-46-32)18-5-6-29(22-41)40(31(34(37)43)19-25-7-14-30(42)15-8-25)36(45)39-28-12-10-27(11-13-28)35(44)38-24(2)3;3-2(4,5)1(6)7/h4,7-16,20,24,29,31H,1,5-6,17-19,21-23H2,2-3H3,(H4-,37,38,39,42,43,44,45);(H,6,7)/t29-,31+,41?;/m1./s1. The number of carbonyl (C=O) groups excluding carboxylic acids is 4. The maximum atomic E-state index is 14.3. The Morgan fingerprint density at radius 1 is 1.04 bits per heavy atom. The molecule has 5 N–H and O–H groups in total. The highest BCUT2D eigenvalue weighted by Crippen LogP contribution is 2.35. The molecule has 13 nitrogen and oxygen atoms in total. The molecule has 54 heavy (non-hydrogen) atoms. The van der Waals surface area contributed by atoms with E-state index in [1.807, 2.05) is 38.1 Å². The summed E-state index contributed by atoms with van der Waals surface area (Å²) in [5.41, 5.74) is 8.83. The number of primary amides is 1. The van der Waals surface area contributed by atoms with Crippen LogP contribution in [0, 0.1) is 0 Å². The second-order valence-electron chi connectivity index (χ2n) is 13.5. The number of piperidine rings is 1. The number of urea groups is 1. The Labute approximate surface area is 310 Å². The number of phenols is 1. The van der Waals surface area contributed by atoms with Gasteiger partial charge in [-0.05, 0) is 92.9 Å². The molecule has 5 rings (SSSR count). The highest BCUT2D eigenvalue weighted by molar-refractivity contribution is 5.96. The molecule has 0 aromatic heterocycles. The number of amides is 4. The number of nitrogens with one attached hydrogen (secondary N) is 2. The Morgan fingerprint density at radius 3 is 2.26 bits per heavy atom. The lowest BCUT2D eigenvalue weighted by Gasteiger charge is -2.48. The van der Waals surface area contributed by atoms with Gasteiger partial charge in [0.05, 0.1) is 19.1 Å². The molecule has 2 heterocycles. The van der Waals surface area contributed by atoms with Crippen LogP contribution in [0.2, 0.25) is 0 Å². The number of fused-ring (bicyclic) bond motifs is 1. The van der Waals surface area contributed by atoms with Crippen molar-refractivity contribution in [2.24, 2.45) is 5.73 Å². The number of carbonyl (C=O) groups is 4. The van der Waals surface area contributed by atoms with Gasteiger partial charge in [-0.3, -0.25) is 9.59 Å². The molecule has 0 spiro atoms. The van der Waals surface area contributed by atoms with Crippen LogP contribution >= 0.6 is 0 Å². The summed E-state index contributed by atoms with van der Waals surface area (Å²) >= 11 is 0. The number of benzene rings is 3. The first-order chi connectivity index (χ1) is 25.5. The van der Waals surface area contributed by atoms with Crippen molar-refractivity contribution in [1.82, 2.24) is 10.2 Å². The maximum absolute atomic E-state index is 14.3. The van der Waals surface area contributed by atoms with E-state index in [2.05, 4.69) is 17.2 Å². The van der Waals surface area contributed by atoms with E-state index in [0.29, 0.717) is 47.5 Å². The van der Waals surface area contributed by atoms with Crippen molar-refractivity contribution in [3.63, 3.8) is 0 Å². The van der Waals surface area contributed by atoms with Crippen LogP contribution in [0.5, 0.6) is 17.2 Å². The number of halogens is 3. The van der Waals surface area contributed by atoms with E-state index >= 15 is 0 Å². The van der Waals surface area contributed by atoms with E-state index in [-0.39, 0.29) is 37.0 Å². The number of phenolic OH excluding ortho intramolecular Hbond substituents is 1. The molecule has 1 unspecified atom stereocenters. The molecule has 3 atom stereocenters. The molecule has 1 fully saturated rings. The quantitative estimate of drug-likeness (QED) is 0.159. The minimum absolute atomic E-state index is 0.0121. The summed E-state index contributed by atoms with van der Waals surface area (Å²) in [4.78, 5) is 50.3. The zero-order chi connectivity index (χ0) is 39.6. The van der Waals surface area contributed by atoms with Crippen LogP contribution in [0.25, 0.3) is 0 Å². The predicted molar refractivity (Wildman–Crippen MR) is 190 cm³/mol. The minimum Gasteiger partial charge on any atom is -0.542 e. The number of ether oxygens (including phenoxy) is 2. The highest BCUT2D eigenvalue weighted by atomic mass is 19.4. The van der Waals surface area contributed by atoms with Gasteiger partial charge in [0.1, 0.15) is 30.9 Å². The smallest absolute Gasteiger partial charge is 0.430 e. The lowest BCUT2D eigenvalue weighted by Crippen LogP contribution is -2.64. The van der Waals surface area contributed by atoms with Crippen molar-refractivity contribution < 1.29 is 56.5 Å². The normalized spacial score (nSPS) is 18.1. The van der Waals surface area contributed by atoms with E-state index in [9.17, 15) is 32.7 Å². The molecule has 2 aliphatic heterocycles. The third-order valence-corrected chi connectivity index (χ3v) is 8.95. The first-order valence-corrected chi connectivity index (χ1v) is 17.2. The van der Waals surface area contributed by atoms with Crippen LogP contribution < -0.4 is 30.9 Å². The Morgan fingerprint density at radius 2 is 1.67 bits per heavy atom. The fraction of sp³-hybridized carbons (Fsp3) is 0.368. The molecule has 0 bridgehead atoms. The van der Waals surface area contributed by atoms with E-state index in [1.165, 1.54) is 0 Å². The molecule has 290 valence electrons. The van der Waals surface area contributed by atoms with Crippen LogP contribution in [0.3, 0.4) is 0 Å². The third kappa shape index (κ3) is 11.1. The van der Waals surface area contributed by atoms with Gasteiger partial charge in [-0.1, -0.05) is 18.7 Å². The molecule has 0 aliphatic carbocycles. The topological polar surface area (TPSA) is 183 Å². The number of nitrogens with two attached hydrogens (primary N) is 1. The number of aliphatic carboxylic acids is 1. The Balaban J connectivity index is 0.000000845. The summed E-state index contributed by atoms with van der Waals surface area (Å²) in [6.45, 7) is 10.8. The van der Waals surface area contributed by atoms with Crippen molar-refractivity contribution in [2.45, 2.75) is 64.0 Å². The number of hydrogen-bond donors (Lipinski definition) is 4. The van der Waals surface area contributed by atoms with Gasteiger partial charge >= 0.3 is 12.2 Å². The van der Waals surface area contributed by atoms with Crippen molar-refractivity contribution in [1.29, 1.82) is 0 Å². The first-order valence-electron chi connectivity index (χ1n) is 17.2. The molecular formula is C38H44F3N5O8. The SMILES string of the molecule is C=CC[N+]1(Cc2ccc3c(c2)OCO3)CCC[C@@H](N(C(=O)Nc2ccc(C(=O)NC(C)C)cc2)[C@@H](Cc2ccc(O)cc2)C(N)=O)C1.O=C([O-])C(F)(F)F. The number of nitrogens with zero attached hydrogens (tertiary/aromatic N) is 2. The Bertz CT molecular complexity index is 1800. The van der Waals surface area contributed by atoms with Gasteiger partial charge in [0.25, 0.3) is 5.91 Å². The van der Waals surface area contributed by atoms with E-state index < -0.39 is 30.1 Å². The van der Waals surface area contributed by atoms with Crippen molar-refractivity contribution in [3.05, 3.63) is 96.1 Å². The summed E-state index contributed by atoms with van der Waals surface area (Å²) in [5.74, 6) is -2.31. The number of hydrogen-bond acceptors (Lipinski definition) is 8. The second-order valence-corrected chi connectivity index (χ2v) is 13.5. The number of alkyl halides is 3. The van der Waals surface area contributed by atoms with Crippen LogP contribution in [0.15, 0.2) is 79.4 Å². The number of carboxylic acids is 1. The van der Waals surface area contributed by atoms with Crippen LogP contribution in [0.1, 0.15) is 48.2 Å². The fourth-order valence-electron chi connectivity index (χ4n) is 6.59. The van der Waals surface area contributed by atoms with Gasteiger partial charge in [0.15, 0.2) is 11.5 Å². The third-order valence-electron chi connectivity index (χ3n) is 8.95. The van der Waals surface area contributed by atoms with Gasteiger partial charge in [-0.2, -0.15) is 13.2 Å². The van der Waals surface area contributed by atoms with Crippen molar-refractivity contribution >= 4 is 29.5 Å². The van der Waals surface area contributed by atoms with Crippen LogP contribution in [0.4, 0.5) is 23.7 Å². The summed E-state index contributed by atoms with van der Waals surface area (Å²) in [5, 5.41) is 24.4. The number of aromatic hydroxyl groups is 1. The van der Waals surface area contributed by atoms with Gasteiger partial charge in [0, 0.05) is 29.3 Å². The van der Waals surface area contributed by atoms with Gasteiger partial charge in [0.2, 0.25) is 12.7 Å². The second kappa shape index (κ2) is 17.8. The zero-order valence-electron chi connectivity index (χ0n) is 29.9. The fourth-order valence-corrected chi connectivity index (χ4v) is 6.59. The van der Waals surface area contributed by atoms with E-state index in [4.69, 9.17) is 25.1 Å². The zero-order valence-corrected chi connectivity index (χ0v) is 29.9. The average molecular weight is 756 g/mol. The van der Waals surface area contributed by atoms with Gasteiger partial charge in [-0.15, -0.1) is 0 Å². The van der Waals surface area contributed by atoms with E-state index in [0.717, 1.165) is 29.8 Å². The molecular weight excluding hydrogens is 711 g/mol. The lowest BCUT2D eigenvalue weighted by atomic mass is 9.95. The highest BCUT2D eigenvalue weighted by Gasteiger charge is 2.43. The molecule has 3 aromatic rings. The van der Waals surface area contributed by atoms with Gasteiger partial charge < -0.3 is 50.2 Å². The van der Waals surface area contributed by atoms with Crippen LogP contribution in [-0.4, -0.2) is 89.0 Å². The molecule has 0 radical (unpaired) electrons. The number of quaternary nitrogens is 1. The monoisotopic (exact) mass is 755 g/mol. The van der Waals surface area contributed by atoms with Crippen molar-refractivity contribution in [2.75, 3.05) is 31.7 Å². The maximum Gasteiger partial charge on any atom is 0.430 e. The molecule has 2 aliphatic rings. The molecule has 16 heteroatoms. The lowest BCUT2D eigenvalue weighted by molar-refractivity contribution is -0.941. The summed E-state index contributed by atoms with van der Waals surface area (Å²) in [6.07, 6.45) is -1.62. The molecule has 4 amide bonds. The summed E-state index contributed by atoms with van der Waals surface area (Å²) in [6, 6.07) is 17.4. The first kappa shape index (κ1) is 41.0. The molecule has 0 saturated carbocycles. The average Bonchev–Trinajstić information content (AvgIpc) is 3.57. The Kier molecular flexibility index (Phi) is 13.5.